The van der Waals surface area contributed by atoms with Crippen molar-refractivity contribution >= 4 is 23.5 Å². The highest BCUT2D eigenvalue weighted by atomic mass is 35.5. The lowest BCUT2D eigenvalue weighted by Gasteiger charge is -2.08. The van der Waals surface area contributed by atoms with E-state index in [9.17, 15) is 9.59 Å². The topological polar surface area (TPSA) is 84.9 Å². The first-order valence-corrected chi connectivity index (χ1v) is 6.75. The Balaban J connectivity index is 1.67. The molecule has 110 valence electrons. The molecule has 6 nitrogen and oxygen atoms in total. The molecule has 1 saturated carbocycles. The number of rotatable bonds is 4. The first-order valence-electron chi connectivity index (χ1n) is 6.37. The Kier molecular flexibility index (Phi) is 3.47. The van der Waals surface area contributed by atoms with Gasteiger partial charge in [-0.1, -0.05) is 23.7 Å². The van der Waals surface area contributed by atoms with Crippen molar-refractivity contribution in [1.82, 2.24) is 5.32 Å². The Morgan fingerprint density at radius 2 is 2.10 bits per heavy atom. The third kappa shape index (κ3) is 2.95. The molecule has 0 spiro atoms. The number of hydrogen-bond acceptors (Lipinski definition) is 5. The van der Waals surface area contributed by atoms with E-state index in [2.05, 4.69) is 10.1 Å². The molecule has 7 heteroatoms. The van der Waals surface area contributed by atoms with Gasteiger partial charge in [0.25, 0.3) is 0 Å². The highest BCUT2D eigenvalue weighted by molar-refractivity contribution is 6.30. The molecule has 0 aromatic heterocycles. The van der Waals surface area contributed by atoms with Gasteiger partial charge < -0.3 is 19.9 Å². The lowest BCUT2D eigenvalue weighted by Crippen LogP contribution is -2.20. The zero-order valence-electron chi connectivity index (χ0n) is 10.8. The number of carbonyl (C=O) groups excluding carboxylic acids is 1. The highest BCUT2D eigenvalue weighted by Crippen LogP contribution is 2.42. The van der Waals surface area contributed by atoms with Crippen LogP contribution in [0.15, 0.2) is 35.9 Å². The van der Waals surface area contributed by atoms with Gasteiger partial charge in [0.15, 0.2) is 6.61 Å². The molecule has 0 unspecified atom stereocenters. The van der Waals surface area contributed by atoms with Gasteiger partial charge >= 0.3 is 6.16 Å². The lowest BCUT2D eigenvalue weighted by molar-refractivity contribution is -0.118. The fraction of sp³-hybridized carbons (Fsp3) is 0.286. The Morgan fingerprint density at radius 1 is 1.38 bits per heavy atom. The van der Waals surface area contributed by atoms with Crippen molar-refractivity contribution in [2.75, 3.05) is 6.61 Å². The van der Waals surface area contributed by atoms with E-state index in [-0.39, 0.29) is 30.2 Å². The van der Waals surface area contributed by atoms with Crippen molar-refractivity contribution in [3.63, 3.8) is 0 Å². The summed E-state index contributed by atoms with van der Waals surface area (Å²) in [6.07, 6.45) is -0.670. The number of carbonyl (C=O) groups is 2. The standard InChI is InChI=1S/C14H12ClNO5/c15-8-3-1-7(2-4-8)9-5-10(9)16-13-12(21-14(18)19)11(17)6-20-13/h1-4,9-10,16H,5-6H2,(H,18,19)/t9-,10+/m0/s1. The van der Waals surface area contributed by atoms with Crippen LogP contribution in [-0.4, -0.2) is 29.7 Å². The number of benzene rings is 1. The molecular formula is C14H12ClNO5. The van der Waals surface area contributed by atoms with Crippen LogP contribution in [0.25, 0.3) is 0 Å². The summed E-state index contributed by atoms with van der Waals surface area (Å²) in [6.45, 7) is -0.205. The smallest absolute Gasteiger partial charge is 0.468 e. The minimum absolute atomic E-state index is 0.0828. The van der Waals surface area contributed by atoms with E-state index < -0.39 is 11.9 Å². The maximum atomic E-state index is 11.5. The van der Waals surface area contributed by atoms with E-state index in [1.165, 1.54) is 0 Å². The lowest BCUT2D eigenvalue weighted by atomic mass is 10.1. The summed E-state index contributed by atoms with van der Waals surface area (Å²) in [4.78, 5) is 22.0. The summed E-state index contributed by atoms with van der Waals surface area (Å²) in [6, 6.07) is 7.61. The molecule has 2 N–H and O–H groups in total. The van der Waals surface area contributed by atoms with Crippen LogP contribution in [0.2, 0.25) is 5.02 Å². The summed E-state index contributed by atoms with van der Waals surface area (Å²) < 4.78 is 9.61. The molecule has 0 bridgehead atoms. The summed E-state index contributed by atoms with van der Waals surface area (Å²) >= 11 is 5.84. The molecule has 1 heterocycles. The maximum Gasteiger partial charge on any atom is 0.511 e. The van der Waals surface area contributed by atoms with Gasteiger partial charge in [-0.3, -0.25) is 4.79 Å². The number of ketones is 1. The zero-order chi connectivity index (χ0) is 15.0. The van der Waals surface area contributed by atoms with Crippen LogP contribution in [0.5, 0.6) is 0 Å². The van der Waals surface area contributed by atoms with E-state index >= 15 is 0 Å². The molecule has 0 amide bonds. The van der Waals surface area contributed by atoms with Crippen LogP contribution in [-0.2, 0) is 14.3 Å². The van der Waals surface area contributed by atoms with Gasteiger partial charge in [0.1, 0.15) is 0 Å². The first-order chi connectivity index (χ1) is 10.0. The predicted octanol–water partition coefficient (Wildman–Crippen LogP) is 2.25. The number of carboxylic acid groups (broad SMARTS) is 1. The number of Topliss-reactive ketones (excluding diaryl/α,β-unsaturated/α-hetero) is 1. The van der Waals surface area contributed by atoms with Crippen LogP contribution >= 0.6 is 11.6 Å². The van der Waals surface area contributed by atoms with Crippen molar-refractivity contribution in [2.45, 2.75) is 18.4 Å². The van der Waals surface area contributed by atoms with Gasteiger partial charge in [-0.2, -0.15) is 0 Å². The van der Waals surface area contributed by atoms with Crippen LogP contribution in [0, 0.1) is 0 Å². The maximum absolute atomic E-state index is 11.5. The molecule has 1 aliphatic carbocycles. The van der Waals surface area contributed by atoms with Crippen molar-refractivity contribution < 1.29 is 24.2 Å². The van der Waals surface area contributed by atoms with Crippen LogP contribution < -0.4 is 5.32 Å². The quantitative estimate of drug-likeness (QED) is 0.830. The average Bonchev–Trinajstić information content (AvgIpc) is 3.12. The largest absolute Gasteiger partial charge is 0.511 e. The Hall–Kier alpha value is -2.21. The number of nitrogens with one attached hydrogen (secondary N) is 1. The van der Waals surface area contributed by atoms with E-state index in [1.807, 2.05) is 24.3 Å². The summed E-state index contributed by atoms with van der Waals surface area (Å²) in [7, 11) is 0. The van der Waals surface area contributed by atoms with E-state index in [0.29, 0.717) is 5.02 Å². The molecule has 21 heavy (non-hydrogen) atoms. The van der Waals surface area contributed by atoms with Crippen molar-refractivity contribution in [3.05, 3.63) is 46.5 Å². The second-order valence-corrected chi connectivity index (χ2v) is 5.32. The molecule has 3 rings (SSSR count). The van der Waals surface area contributed by atoms with E-state index in [1.54, 1.807) is 0 Å². The Labute approximate surface area is 125 Å². The van der Waals surface area contributed by atoms with Gasteiger partial charge in [-0.25, -0.2) is 4.79 Å². The van der Waals surface area contributed by atoms with E-state index in [4.69, 9.17) is 21.4 Å². The van der Waals surface area contributed by atoms with Gasteiger partial charge in [0.2, 0.25) is 17.4 Å². The highest BCUT2D eigenvalue weighted by Gasteiger charge is 2.41. The average molecular weight is 310 g/mol. The SMILES string of the molecule is O=C(O)OC1=C(N[C@@H]2C[C@H]2c2ccc(Cl)cc2)OCC1=O. The molecule has 1 fully saturated rings. The molecular weight excluding hydrogens is 298 g/mol. The van der Waals surface area contributed by atoms with Crippen LogP contribution in [0.1, 0.15) is 17.9 Å². The summed E-state index contributed by atoms with van der Waals surface area (Å²) in [5, 5.41) is 12.3. The first kappa shape index (κ1) is 13.8. The second kappa shape index (κ2) is 5.29. The molecule has 1 aliphatic heterocycles. The molecule has 2 atom stereocenters. The van der Waals surface area contributed by atoms with Gasteiger partial charge in [-0.05, 0) is 24.1 Å². The van der Waals surface area contributed by atoms with Crippen molar-refractivity contribution in [2.24, 2.45) is 0 Å². The fourth-order valence-corrected chi connectivity index (χ4v) is 2.42. The number of halogens is 1. The normalized spacial score (nSPS) is 23.8. The van der Waals surface area contributed by atoms with Crippen molar-refractivity contribution in [1.29, 1.82) is 0 Å². The van der Waals surface area contributed by atoms with Crippen molar-refractivity contribution in [3.8, 4) is 0 Å². The third-order valence-corrected chi connectivity index (χ3v) is 3.65. The molecule has 1 aromatic carbocycles. The number of ether oxygens (including phenoxy) is 2. The fourth-order valence-electron chi connectivity index (χ4n) is 2.29. The molecule has 0 radical (unpaired) electrons. The second-order valence-electron chi connectivity index (χ2n) is 4.88. The molecule has 2 aliphatic rings. The number of hydrogen-bond donors (Lipinski definition) is 2. The minimum Gasteiger partial charge on any atom is -0.468 e. The van der Waals surface area contributed by atoms with Gasteiger partial charge in [0, 0.05) is 17.0 Å². The van der Waals surface area contributed by atoms with Crippen LogP contribution in [0.3, 0.4) is 0 Å². The monoisotopic (exact) mass is 309 g/mol. The Bertz CT molecular complexity index is 625. The van der Waals surface area contributed by atoms with Crippen LogP contribution in [0.4, 0.5) is 4.79 Å². The molecule has 1 aromatic rings. The predicted molar refractivity (Wildman–Crippen MR) is 72.8 cm³/mol. The van der Waals surface area contributed by atoms with E-state index in [0.717, 1.165) is 12.0 Å². The summed E-state index contributed by atoms with van der Waals surface area (Å²) in [5.41, 5.74) is 1.13. The van der Waals surface area contributed by atoms with Gasteiger partial charge in [-0.15, -0.1) is 0 Å². The molecule has 0 saturated heterocycles. The minimum atomic E-state index is -1.53. The summed E-state index contributed by atoms with van der Waals surface area (Å²) in [5.74, 6) is -0.378. The van der Waals surface area contributed by atoms with Gasteiger partial charge in [0.05, 0.1) is 0 Å². The Morgan fingerprint density at radius 3 is 2.76 bits per heavy atom. The zero-order valence-corrected chi connectivity index (χ0v) is 11.6. The third-order valence-electron chi connectivity index (χ3n) is 3.40.